The molecule has 2 aromatic rings. The van der Waals surface area contributed by atoms with Crippen molar-refractivity contribution in [2.45, 2.75) is 18.6 Å². The molecular weight excluding hydrogens is 322 g/mol. The first-order chi connectivity index (χ1) is 12.1. The van der Waals surface area contributed by atoms with E-state index in [0.29, 0.717) is 39.3 Å². The molecule has 3 heterocycles. The molecule has 25 heavy (non-hydrogen) atoms. The minimum Gasteiger partial charge on any atom is -0.387 e. The molecule has 1 N–H and O–H groups in total. The molecule has 0 aliphatic carbocycles. The molecule has 1 amide bonds. The molecule has 2 aliphatic rings. The van der Waals surface area contributed by atoms with Gasteiger partial charge in [0.15, 0.2) is 0 Å². The molecule has 4 rings (SSSR count). The lowest BCUT2D eigenvalue weighted by Gasteiger charge is -2.33. The van der Waals surface area contributed by atoms with Gasteiger partial charge in [0.1, 0.15) is 17.6 Å². The van der Waals surface area contributed by atoms with Crippen LogP contribution in [0, 0.1) is 0 Å². The lowest BCUT2D eigenvalue weighted by atomic mass is 10.0. The summed E-state index contributed by atoms with van der Waals surface area (Å²) >= 11 is 0. The van der Waals surface area contributed by atoms with Gasteiger partial charge in [0.05, 0.1) is 25.4 Å². The van der Waals surface area contributed by atoms with E-state index in [2.05, 4.69) is 15.1 Å². The fraction of sp³-hybridized carbons (Fsp3) is 0.588. The van der Waals surface area contributed by atoms with Crippen LogP contribution in [0.4, 0.5) is 0 Å². The molecule has 2 saturated heterocycles. The number of benzene rings is 1. The van der Waals surface area contributed by atoms with Crippen LogP contribution in [0.1, 0.15) is 6.42 Å². The van der Waals surface area contributed by atoms with Crippen LogP contribution in [0.5, 0.6) is 0 Å². The first kappa shape index (κ1) is 16.4. The summed E-state index contributed by atoms with van der Waals surface area (Å²) in [5.74, 6) is -0.0572. The molecule has 1 aromatic heterocycles. The highest BCUT2D eigenvalue weighted by atomic mass is 16.5. The highest BCUT2D eigenvalue weighted by molar-refractivity contribution is 5.77. The Bertz CT molecular complexity index is 725. The summed E-state index contributed by atoms with van der Waals surface area (Å²) in [7, 11) is 0. The van der Waals surface area contributed by atoms with Gasteiger partial charge in [0.25, 0.3) is 0 Å². The summed E-state index contributed by atoms with van der Waals surface area (Å²) in [5.41, 5.74) is 0.719. The molecule has 0 spiro atoms. The van der Waals surface area contributed by atoms with Gasteiger partial charge in [-0.1, -0.05) is 12.1 Å². The largest absolute Gasteiger partial charge is 0.387 e. The number of morpholine rings is 1. The summed E-state index contributed by atoms with van der Waals surface area (Å²) in [6, 6.07) is 7.55. The van der Waals surface area contributed by atoms with Crippen molar-refractivity contribution in [3.8, 4) is 0 Å². The zero-order valence-corrected chi connectivity index (χ0v) is 14.2. The second kappa shape index (κ2) is 6.70. The Labute approximate surface area is 146 Å². The molecule has 134 valence electrons. The normalized spacial score (nSPS) is 24.9. The molecule has 2 aliphatic heterocycles. The fourth-order valence-corrected chi connectivity index (χ4v) is 3.57. The third-order valence-corrected chi connectivity index (χ3v) is 4.91. The van der Waals surface area contributed by atoms with Gasteiger partial charge >= 0.3 is 0 Å². The predicted molar refractivity (Wildman–Crippen MR) is 90.9 cm³/mol. The number of carbonyl (C=O) groups excluding carboxylic acids is 1. The summed E-state index contributed by atoms with van der Waals surface area (Å²) in [6.45, 7) is 4.70. The molecule has 0 bridgehead atoms. The Morgan fingerprint density at radius 3 is 2.52 bits per heavy atom. The van der Waals surface area contributed by atoms with Gasteiger partial charge in [-0.25, -0.2) is 0 Å². The van der Waals surface area contributed by atoms with Crippen LogP contribution < -0.4 is 0 Å². The summed E-state index contributed by atoms with van der Waals surface area (Å²) < 4.78 is 5.34. The highest BCUT2D eigenvalue weighted by Gasteiger charge is 2.39. The van der Waals surface area contributed by atoms with Crippen molar-refractivity contribution in [3.05, 3.63) is 24.3 Å². The average molecular weight is 345 g/mol. The Kier molecular flexibility index (Phi) is 4.41. The van der Waals surface area contributed by atoms with Crippen LogP contribution >= 0.6 is 0 Å². The zero-order valence-electron chi connectivity index (χ0n) is 14.2. The number of hydrogen-bond donors (Lipinski definition) is 1. The van der Waals surface area contributed by atoms with Gasteiger partial charge in [0.2, 0.25) is 5.91 Å². The topological polar surface area (TPSA) is 83.7 Å². The molecule has 1 aromatic carbocycles. The standard InChI is InChI=1S/C17H23N5O3/c23-16(11-22-18-14-3-1-2-4-15(14)19-22)21-6-5-17(24,13-21)12-20-7-9-25-10-8-20/h1-4,24H,5-13H2/t17-/m0/s1. The van der Waals surface area contributed by atoms with Crippen LogP contribution in [-0.2, 0) is 16.1 Å². The molecular formula is C17H23N5O3. The van der Waals surface area contributed by atoms with Gasteiger partial charge in [-0.2, -0.15) is 15.0 Å². The third-order valence-electron chi connectivity index (χ3n) is 4.91. The second-order valence-corrected chi connectivity index (χ2v) is 6.90. The van der Waals surface area contributed by atoms with Gasteiger partial charge in [-0.3, -0.25) is 9.69 Å². The Hall–Kier alpha value is -2.03. The van der Waals surface area contributed by atoms with E-state index in [9.17, 15) is 9.90 Å². The number of ether oxygens (including phenoxy) is 1. The lowest BCUT2D eigenvalue weighted by Crippen LogP contribution is -2.49. The fourth-order valence-electron chi connectivity index (χ4n) is 3.57. The minimum absolute atomic E-state index is 0.0572. The smallest absolute Gasteiger partial charge is 0.246 e. The number of nitrogens with zero attached hydrogens (tertiary/aromatic N) is 5. The van der Waals surface area contributed by atoms with Gasteiger partial charge in [-0.05, 0) is 18.6 Å². The Morgan fingerprint density at radius 2 is 1.84 bits per heavy atom. The minimum atomic E-state index is -0.838. The molecule has 2 fully saturated rings. The number of carbonyl (C=O) groups is 1. The Balaban J connectivity index is 1.36. The number of fused-ring (bicyclic) bond motifs is 1. The molecule has 0 unspecified atom stereocenters. The highest BCUT2D eigenvalue weighted by Crippen LogP contribution is 2.23. The number of aromatic nitrogens is 3. The maximum Gasteiger partial charge on any atom is 0.246 e. The number of amides is 1. The summed E-state index contributed by atoms with van der Waals surface area (Å²) in [4.78, 5) is 17.9. The third kappa shape index (κ3) is 3.65. The van der Waals surface area contributed by atoms with E-state index >= 15 is 0 Å². The van der Waals surface area contributed by atoms with Crippen molar-refractivity contribution in [1.29, 1.82) is 0 Å². The van der Waals surface area contributed by atoms with E-state index < -0.39 is 5.60 Å². The van der Waals surface area contributed by atoms with Crippen LogP contribution in [-0.4, -0.2) is 87.3 Å². The first-order valence-electron chi connectivity index (χ1n) is 8.71. The molecule has 8 nitrogen and oxygen atoms in total. The van der Waals surface area contributed by atoms with Crippen LogP contribution in [0.3, 0.4) is 0 Å². The average Bonchev–Trinajstić information content (AvgIpc) is 3.19. The zero-order chi connectivity index (χ0) is 17.3. The van der Waals surface area contributed by atoms with Crippen molar-refractivity contribution in [3.63, 3.8) is 0 Å². The van der Waals surface area contributed by atoms with E-state index in [1.54, 1.807) is 4.90 Å². The van der Waals surface area contributed by atoms with E-state index in [-0.39, 0.29) is 12.5 Å². The first-order valence-corrected chi connectivity index (χ1v) is 8.71. The SMILES string of the molecule is O=C(Cn1nc2ccccc2n1)N1CC[C@](O)(CN2CCOCC2)C1. The maximum absolute atomic E-state index is 12.6. The second-order valence-electron chi connectivity index (χ2n) is 6.90. The van der Waals surface area contributed by atoms with Gasteiger partial charge < -0.3 is 14.7 Å². The van der Waals surface area contributed by atoms with Crippen LogP contribution in [0.15, 0.2) is 24.3 Å². The Morgan fingerprint density at radius 1 is 1.16 bits per heavy atom. The monoisotopic (exact) mass is 345 g/mol. The van der Waals surface area contributed by atoms with Gasteiger partial charge in [0, 0.05) is 26.2 Å². The van der Waals surface area contributed by atoms with Crippen molar-refractivity contribution < 1.29 is 14.6 Å². The van der Waals surface area contributed by atoms with E-state index in [4.69, 9.17) is 4.74 Å². The van der Waals surface area contributed by atoms with Crippen molar-refractivity contribution in [2.24, 2.45) is 0 Å². The van der Waals surface area contributed by atoms with Crippen LogP contribution in [0.2, 0.25) is 0 Å². The summed E-state index contributed by atoms with van der Waals surface area (Å²) in [5, 5.41) is 19.5. The predicted octanol–water partition coefficient (Wildman–Crippen LogP) is -0.273. The molecule has 0 radical (unpaired) electrons. The lowest BCUT2D eigenvalue weighted by molar-refractivity contribution is -0.132. The van der Waals surface area contributed by atoms with E-state index in [0.717, 1.165) is 24.1 Å². The van der Waals surface area contributed by atoms with Crippen LogP contribution in [0.25, 0.3) is 11.0 Å². The number of β-amino-alcohol motifs (C(OH)–C–C–N with tert-alkyl or cyclic N) is 1. The van der Waals surface area contributed by atoms with E-state index in [1.165, 1.54) is 4.80 Å². The number of aliphatic hydroxyl groups is 1. The molecule has 0 saturated carbocycles. The quantitative estimate of drug-likeness (QED) is 0.821. The van der Waals surface area contributed by atoms with Crippen molar-refractivity contribution >= 4 is 16.9 Å². The number of hydrogen-bond acceptors (Lipinski definition) is 6. The maximum atomic E-state index is 12.6. The van der Waals surface area contributed by atoms with Gasteiger partial charge in [-0.15, -0.1) is 0 Å². The number of likely N-dealkylation sites (tertiary alicyclic amines) is 1. The molecule has 1 atom stereocenters. The van der Waals surface area contributed by atoms with Crippen molar-refractivity contribution in [2.75, 3.05) is 45.9 Å². The number of rotatable bonds is 4. The summed E-state index contributed by atoms with van der Waals surface area (Å²) in [6.07, 6.45) is 0.602. The van der Waals surface area contributed by atoms with Crippen molar-refractivity contribution in [1.82, 2.24) is 24.8 Å². The van der Waals surface area contributed by atoms with E-state index in [1.807, 2.05) is 24.3 Å². The molecule has 8 heteroatoms.